The van der Waals surface area contributed by atoms with Gasteiger partial charge in [-0.15, -0.1) is 12.4 Å². The van der Waals surface area contributed by atoms with Gasteiger partial charge >= 0.3 is 0 Å². The van der Waals surface area contributed by atoms with Crippen LogP contribution in [0.1, 0.15) is 44.2 Å². The number of hydrogen-bond donors (Lipinski definition) is 1. The SMILES string of the molecule is CC(c1cccc(Br)c1)N1CCC(NCC2CC2)CC1.Cl. The lowest BCUT2D eigenvalue weighted by Crippen LogP contribution is -2.43. The highest BCUT2D eigenvalue weighted by atomic mass is 79.9. The number of rotatable bonds is 5. The standard InChI is InChI=1S/C17H25BrN2.ClH/c1-13(15-3-2-4-16(18)11-15)20-9-7-17(8-10-20)19-12-14-5-6-14;/h2-4,11,13-14,17,19H,5-10,12H2,1H3;1H. The van der Waals surface area contributed by atoms with Gasteiger partial charge in [0.25, 0.3) is 0 Å². The molecule has 3 rings (SSSR count). The first kappa shape index (κ1) is 17.3. The molecule has 0 amide bonds. The minimum Gasteiger partial charge on any atom is -0.314 e. The molecule has 4 heteroatoms. The van der Waals surface area contributed by atoms with E-state index in [1.807, 2.05) is 0 Å². The summed E-state index contributed by atoms with van der Waals surface area (Å²) in [6, 6.07) is 10.0. The van der Waals surface area contributed by atoms with E-state index < -0.39 is 0 Å². The molecule has 1 aliphatic heterocycles. The van der Waals surface area contributed by atoms with Crippen LogP contribution >= 0.6 is 28.3 Å². The first-order valence-electron chi connectivity index (χ1n) is 7.95. The van der Waals surface area contributed by atoms with Crippen LogP contribution in [0.15, 0.2) is 28.7 Å². The molecule has 21 heavy (non-hydrogen) atoms. The van der Waals surface area contributed by atoms with E-state index >= 15 is 0 Å². The van der Waals surface area contributed by atoms with Crippen LogP contribution in [0, 0.1) is 5.92 Å². The van der Waals surface area contributed by atoms with Gasteiger partial charge in [-0.25, -0.2) is 0 Å². The van der Waals surface area contributed by atoms with Crippen molar-refractivity contribution in [1.82, 2.24) is 10.2 Å². The second kappa shape index (κ2) is 7.96. The molecule has 0 aromatic heterocycles. The van der Waals surface area contributed by atoms with E-state index in [0.29, 0.717) is 6.04 Å². The maximum absolute atomic E-state index is 3.76. The van der Waals surface area contributed by atoms with Crippen LogP contribution < -0.4 is 5.32 Å². The van der Waals surface area contributed by atoms with E-state index in [-0.39, 0.29) is 12.4 Å². The van der Waals surface area contributed by atoms with Crippen molar-refractivity contribution in [2.24, 2.45) is 5.92 Å². The van der Waals surface area contributed by atoms with Crippen molar-refractivity contribution in [2.75, 3.05) is 19.6 Å². The number of benzene rings is 1. The minimum absolute atomic E-state index is 0. The van der Waals surface area contributed by atoms with E-state index in [1.165, 1.54) is 55.4 Å². The van der Waals surface area contributed by atoms with Gasteiger partial charge in [-0.05, 0) is 62.8 Å². The molecule has 2 fully saturated rings. The Hall–Kier alpha value is -0.0900. The Morgan fingerprint density at radius 3 is 2.57 bits per heavy atom. The number of halogens is 2. The van der Waals surface area contributed by atoms with Crippen molar-refractivity contribution in [3.8, 4) is 0 Å². The summed E-state index contributed by atoms with van der Waals surface area (Å²) in [6.07, 6.45) is 5.49. The minimum atomic E-state index is 0. The van der Waals surface area contributed by atoms with Crippen LogP contribution in [0.4, 0.5) is 0 Å². The highest BCUT2D eigenvalue weighted by Crippen LogP contribution is 2.29. The molecule has 1 aromatic carbocycles. The molecule has 1 saturated carbocycles. The van der Waals surface area contributed by atoms with Crippen LogP contribution in [0.25, 0.3) is 0 Å². The smallest absolute Gasteiger partial charge is 0.0320 e. The summed E-state index contributed by atoms with van der Waals surface area (Å²) in [6.45, 7) is 6.03. The molecule has 1 atom stereocenters. The summed E-state index contributed by atoms with van der Waals surface area (Å²) in [5.41, 5.74) is 1.42. The third-order valence-corrected chi connectivity index (χ3v) is 5.29. The second-order valence-corrected chi connectivity index (χ2v) is 7.31. The number of nitrogens with zero attached hydrogens (tertiary/aromatic N) is 1. The van der Waals surface area contributed by atoms with E-state index in [1.54, 1.807) is 0 Å². The van der Waals surface area contributed by atoms with Gasteiger partial charge in [-0.3, -0.25) is 4.90 Å². The Morgan fingerprint density at radius 2 is 1.95 bits per heavy atom. The molecule has 1 heterocycles. The Bertz CT molecular complexity index is 442. The number of hydrogen-bond acceptors (Lipinski definition) is 2. The normalized spacial score (nSPS) is 21.8. The number of nitrogens with one attached hydrogen (secondary N) is 1. The van der Waals surface area contributed by atoms with Crippen molar-refractivity contribution in [2.45, 2.75) is 44.7 Å². The average molecular weight is 374 g/mol. The molecular formula is C17H26BrClN2. The van der Waals surface area contributed by atoms with Crippen molar-refractivity contribution in [3.05, 3.63) is 34.3 Å². The predicted molar refractivity (Wildman–Crippen MR) is 95.1 cm³/mol. The molecular weight excluding hydrogens is 348 g/mol. The van der Waals surface area contributed by atoms with Gasteiger partial charge in [-0.2, -0.15) is 0 Å². The molecule has 0 radical (unpaired) electrons. The molecule has 2 aliphatic rings. The van der Waals surface area contributed by atoms with E-state index in [2.05, 4.69) is 57.3 Å². The summed E-state index contributed by atoms with van der Waals surface area (Å²) in [5, 5.41) is 3.76. The maximum atomic E-state index is 3.76. The second-order valence-electron chi connectivity index (χ2n) is 6.39. The summed E-state index contributed by atoms with van der Waals surface area (Å²) in [5.74, 6) is 0.994. The van der Waals surface area contributed by atoms with Crippen molar-refractivity contribution in [1.29, 1.82) is 0 Å². The van der Waals surface area contributed by atoms with Gasteiger partial charge in [0, 0.05) is 29.6 Å². The van der Waals surface area contributed by atoms with Crippen LogP contribution in [0.5, 0.6) is 0 Å². The fourth-order valence-corrected chi connectivity index (χ4v) is 3.54. The van der Waals surface area contributed by atoms with E-state index in [0.717, 1.165) is 12.0 Å². The lowest BCUT2D eigenvalue weighted by molar-refractivity contribution is 0.152. The first-order chi connectivity index (χ1) is 9.72. The molecule has 1 unspecified atom stereocenters. The number of piperidine rings is 1. The summed E-state index contributed by atoms with van der Waals surface area (Å²) in [4.78, 5) is 2.62. The summed E-state index contributed by atoms with van der Waals surface area (Å²) < 4.78 is 1.18. The third-order valence-electron chi connectivity index (χ3n) is 4.80. The molecule has 0 bridgehead atoms. The van der Waals surface area contributed by atoms with Gasteiger partial charge in [0.2, 0.25) is 0 Å². The Morgan fingerprint density at radius 1 is 1.24 bits per heavy atom. The van der Waals surface area contributed by atoms with E-state index in [9.17, 15) is 0 Å². The fraction of sp³-hybridized carbons (Fsp3) is 0.647. The van der Waals surface area contributed by atoms with Gasteiger partial charge in [0.05, 0.1) is 0 Å². The van der Waals surface area contributed by atoms with Crippen LogP contribution in [0.2, 0.25) is 0 Å². The largest absolute Gasteiger partial charge is 0.314 e. The molecule has 0 spiro atoms. The van der Waals surface area contributed by atoms with Crippen molar-refractivity contribution >= 4 is 28.3 Å². The van der Waals surface area contributed by atoms with Crippen molar-refractivity contribution in [3.63, 3.8) is 0 Å². The van der Waals surface area contributed by atoms with Gasteiger partial charge < -0.3 is 5.32 Å². The highest BCUT2D eigenvalue weighted by molar-refractivity contribution is 9.10. The molecule has 2 nitrogen and oxygen atoms in total. The van der Waals surface area contributed by atoms with Crippen LogP contribution in [-0.2, 0) is 0 Å². The third kappa shape index (κ3) is 4.95. The van der Waals surface area contributed by atoms with Gasteiger partial charge in [-0.1, -0.05) is 28.1 Å². The zero-order chi connectivity index (χ0) is 13.9. The molecule has 1 aromatic rings. The van der Waals surface area contributed by atoms with Crippen LogP contribution in [0.3, 0.4) is 0 Å². The summed E-state index contributed by atoms with van der Waals surface area (Å²) >= 11 is 3.58. The topological polar surface area (TPSA) is 15.3 Å². The first-order valence-corrected chi connectivity index (χ1v) is 8.74. The molecule has 1 saturated heterocycles. The Kier molecular flexibility index (Phi) is 6.54. The highest BCUT2D eigenvalue weighted by Gasteiger charge is 2.26. The zero-order valence-electron chi connectivity index (χ0n) is 12.7. The lowest BCUT2D eigenvalue weighted by atomic mass is 10.00. The summed E-state index contributed by atoms with van der Waals surface area (Å²) in [7, 11) is 0. The average Bonchev–Trinajstić information content (AvgIpc) is 3.29. The molecule has 1 N–H and O–H groups in total. The van der Waals surface area contributed by atoms with Crippen molar-refractivity contribution < 1.29 is 0 Å². The maximum Gasteiger partial charge on any atom is 0.0320 e. The molecule has 1 aliphatic carbocycles. The lowest BCUT2D eigenvalue weighted by Gasteiger charge is -2.36. The molecule has 118 valence electrons. The Labute approximate surface area is 143 Å². The van der Waals surface area contributed by atoms with E-state index in [4.69, 9.17) is 0 Å². The monoisotopic (exact) mass is 372 g/mol. The fourth-order valence-electron chi connectivity index (χ4n) is 3.12. The number of likely N-dealkylation sites (tertiary alicyclic amines) is 1. The van der Waals surface area contributed by atoms with Gasteiger partial charge in [0.1, 0.15) is 0 Å². The zero-order valence-corrected chi connectivity index (χ0v) is 15.1. The quantitative estimate of drug-likeness (QED) is 0.823. The Balaban J connectivity index is 0.00000161. The predicted octanol–water partition coefficient (Wildman–Crippen LogP) is 4.40. The van der Waals surface area contributed by atoms with Gasteiger partial charge in [0.15, 0.2) is 0 Å². The van der Waals surface area contributed by atoms with Crippen LogP contribution in [-0.4, -0.2) is 30.6 Å².